The predicted octanol–water partition coefficient (Wildman–Crippen LogP) is 0.00830. The number of benzene rings is 1. The van der Waals surface area contributed by atoms with Crippen molar-refractivity contribution in [2.75, 3.05) is 20.2 Å². The van der Waals surface area contributed by atoms with Crippen molar-refractivity contribution in [3.63, 3.8) is 0 Å². The molecule has 4 atom stereocenters. The zero-order valence-electron chi connectivity index (χ0n) is 12.6. The number of hydrogen-bond acceptors (Lipinski definition) is 6. The maximum Gasteiger partial charge on any atom is 0.255 e. The first-order valence-corrected chi connectivity index (χ1v) is 10.1. The zero-order valence-corrected chi connectivity index (χ0v) is 19.1. The number of likely N-dealkylation sites (N-methyl/N-ethyl adjacent to an activating group) is 1. The second kappa shape index (κ2) is 10.1. The summed E-state index contributed by atoms with van der Waals surface area (Å²) in [4.78, 5) is 13.8. The van der Waals surface area contributed by atoms with E-state index in [0.29, 0.717) is 5.56 Å². The summed E-state index contributed by atoms with van der Waals surface area (Å²) in [6.07, 6.45) is -6.47. The number of hydrogen-bond donors (Lipinski definition) is 5. The first kappa shape index (κ1) is 22.7. The highest BCUT2D eigenvalue weighted by Gasteiger charge is 2.31. The van der Waals surface area contributed by atoms with E-state index in [1.807, 2.05) is 12.1 Å². The lowest BCUT2D eigenvalue weighted by molar-refractivity contribution is -0.117. The molecule has 1 amide bonds. The van der Waals surface area contributed by atoms with Crippen molar-refractivity contribution >= 4 is 73.7 Å². The first-order chi connectivity index (χ1) is 11.1. The van der Waals surface area contributed by atoms with E-state index in [9.17, 15) is 25.2 Å². The molecule has 0 saturated carbocycles. The molecule has 0 spiro atoms. The highest BCUT2D eigenvalue weighted by molar-refractivity contribution is 14.1. The van der Waals surface area contributed by atoms with Gasteiger partial charge in [-0.05, 0) is 79.9 Å². The van der Waals surface area contributed by atoms with Crippen LogP contribution in [-0.4, -0.2) is 81.0 Å². The number of carbonyl (C=O) groups is 1. The SMILES string of the molecule is CN(C[C@H](O)[C@@H](O)[C@H](O)[C@H](O)CO)C(=O)c1c(I)cc(I)cc1I. The average molecular weight is 677 g/mol. The molecule has 0 saturated heterocycles. The molecule has 5 N–H and O–H groups in total. The number of rotatable bonds is 7. The van der Waals surface area contributed by atoms with E-state index in [1.165, 1.54) is 11.9 Å². The Bertz CT molecular complexity index is 565. The lowest BCUT2D eigenvalue weighted by Gasteiger charge is -2.29. The molecule has 0 heterocycles. The molecular formula is C14H18I3NO6. The van der Waals surface area contributed by atoms with Crippen LogP contribution >= 0.6 is 67.8 Å². The molecule has 0 aliphatic rings. The van der Waals surface area contributed by atoms with Crippen molar-refractivity contribution in [3.05, 3.63) is 28.4 Å². The monoisotopic (exact) mass is 677 g/mol. The van der Waals surface area contributed by atoms with Crippen LogP contribution in [0.25, 0.3) is 0 Å². The smallest absolute Gasteiger partial charge is 0.255 e. The molecule has 0 aliphatic heterocycles. The third-order valence-corrected chi connectivity index (χ3v) is 5.68. The summed E-state index contributed by atoms with van der Waals surface area (Å²) in [7, 11) is 1.47. The minimum absolute atomic E-state index is 0.243. The van der Waals surface area contributed by atoms with E-state index in [4.69, 9.17) is 5.11 Å². The van der Waals surface area contributed by atoms with Crippen LogP contribution in [-0.2, 0) is 0 Å². The van der Waals surface area contributed by atoms with Gasteiger partial charge in [0.05, 0.1) is 12.2 Å². The van der Waals surface area contributed by atoms with Crippen LogP contribution in [0.15, 0.2) is 12.1 Å². The van der Waals surface area contributed by atoms with E-state index in [2.05, 4.69) is 67.8 Å². The summed E-state index contributed by atoms with van der Waals surface area (Å²) in [6, 6.07) is 3.72. The van der Waals surface area contributed by atoms with Crippen molar-refractivity contribution in [1.82, 2.24) is 4.90 Å². The number of amides is 1. The van der Waals surface area contributed by atoms with Crippen molar-refractivity contribution in [1.29, 1.82) is 0 Å². The Hall–Kier alpha value is 0.680. The molecule has 1 aromatic rings. The number of aliphatic hydroxyl groups is 5. The third kappa shape index (κ3) is 5.85. The van der Waals surface area contributed by atoms with E-state index < -0.39 is 31.0 Å². The predicted molar refractivity (Wildman–Crippen MR) is 113 cm³/mol. The fourth-order valence-corrected chi connectivity index (χ4v) is 6.02. The van der Waals surface area contributed by atoms with Gasteiger partial charge in [0.2, 0.25) is 0 Å². The molecule has 0 bridgehead atoms. The molecule has 24 heavy (non-hydrogen) atoms. The second-order valence-corrected chi connectivity index (χ2v) is 8.80. The lowest BCUT2D eigenvalue weighted by atomic mass is 10.0. The van der Waals surface area contributed by atoms with Crippen LogP contribution in [0.5, 0.6) is 0 Å². The summed E-state index contributed by atoms with van der Waals surface area (Å²) in [5, 5.41) is 47.5. The molecule has 1 rings (SSSR count). The molecule has 0 radical (unpaired) electrons. The van der Waals surface area contributed by atoms with Gasteiger partial charge in [0.1, 0.15) is 24.4 Å². The zero-order chi connectivity index (χ0) is 18.6. The molecule has 7 nitrogen and oxygen atoms in total. The van der Waals surface area contributed by atoms with Gasteiger partial charge in [-0.2, -0.15) is 0 Å². The first-order valence-electron chi connectivity index (χ1n) is 6.83. The fraction of sp³-hybridized carbons (Fsp3) is 0.500. The van der Waals surface area contributed by atoms with Crippen molar-refractivity contribution in [2.24, 2.45) is 0 Å². The molecule has 10 heteroatoms. The average Bonchev–Trinajstić information content (AvgIpc) is 2.51. The highest BCUT2D eigenvalue weighted by atomic mass is 127. The molecule has 0 aromatic heterocycles. The third-order valence-electron chi connectivity index (χ3n) is 3.35. The van der Waals surface area contributed by atoms with Crippen LogP contribution in [0.2, 0.25) is 0 Å². The number of aliphatic hydroxyl groups excluding tert-OH is 5. The van der Waals surface area contributed by atoms with Crippen LogP contribution in [0.4, 0.5) is 0 Å². The summed E-state index contributed by atoms with van der Waals surface area (Å²) >= 11 is 6.28. The van der Waals surface area contributed by atoms with Gasteiger partial charge in [0.25, 0.3) is 5.91 Å². The van der Waals surface area contributed by atoms with E-state index in [1.54, 1.807) is 0 Å². The quantitative estimate of drug-likeness (QED) is 0.260. The number of halogens is 3. The van der Waals surface area contributed by atoms with Gasteiger partial charge >= 0.3 is 0 Å². The second-order valence-electron chi connectivity index (χ2n) is 5.23. The van der Waals surface area contributed by atoms with Crippen LogP contribution in [0.1, 0.15) is 10.4 Å². The highest BCUT2D eigenvalue weighted by Crippen LogP contribution is 2.24. The van der Waals surface area contributed by atoms with Gasteiger partial charge in [-0.1, -0.05) is 0 Å². The Morgan fingerprint density at radius 2 is 1.50 bits per heavy atom. The van der Waals surface area contributed by atoms with E-state index in [-0.39, 0.29) is 12.5 Å². The van der Waals surface area contributed by atoms with Gasteiger partial charge < -0.3 is 30.4 Å². The van der Waals surface area contributed by atoms with Crippen LogP contribution in [0, 0.1) is 10.7 Å². The Labute approximate surface area is 180 Å². The van der Waals surface area contributed by atoms with Gasteiger partial charge in [-0.3, -0.25) is 4.79 Å². The summed E-state index contributed by atoms with van der Waals surface area (Å²) in [5.41, 5.74) is 0.497. The Balaban J connectivity index is 2.84. The molecule has 136 valence electrons. The van der Waals surface area contributed by atoms with Gasteiger partial charge in [-0.25, -0.2) is 0 Å². The molecular weight excluding hydrogens is 659 g/mol. The Kier molecular flexibility index (Phi) is 9.59. The molecule has 0 unspecified atom stereocenters. The van der Waals surface area contributed by atoms with Gasteiger partial charge in [0, 0.05) is 24.3 Å². The summed E-state index contributed by atoms with van der Waals surface area (Å²) in [5.74, 6) is -0.330. The van der Waals surface area contributed by atoms with Gasteiger partial charge in [-0.15, -0.1) is 0 Å². The topological polar surface area (TPSA) is 121 Å². The standard InChI is InChI=1S/C14H18I3NO6/c1-18(4-9(20)12(22)13(23)10(21)5-19)14(24)11-7(16)2-6(15)3-8(11)17/h2-3,9-10,12-13,19-23H,4-5H2,1H3/t9-,10+,12+,13+/m0/s1. The van der Waals surface area contributed by atoms with E-state index >= 15 is 0 Å². The summed E-state index contributed by atoms with van der Waals surface area (Å²) in [6.45, 7) is -0.994. The summed E-state index contributed by atoms with van der Waals surface area (Å²) < 4.78 is 2.54. The Morgan fingerprint density at radius 3 is 1.96 bits per heavy atom. The number of carbonyl (C=O) groups excluding carboxylic acids is 1. The molecule has 1 aromatic carbocycles. The van der Waals surface area contributed by atoms with Crippen LogP contribution in [0.3, 0.4) is 0 Å². The normalized spacial score (nSPS) is 16.4. The molecule has 0 fully saturated rings. The van der Waals surface area contributed by atoms with Crippen molar-refractivity contribution in [3.8, 4) is 0 Å². The minimum atomic E-state index is -1.72. The van der Waals surface area contributed by atoms with Crippen LogP contribution < -0.4 is 0 Å². The maximum atomic E-state index is 12.6. The fourth-order valence-electron chi connectivity index (χ4n) is 1.97. The lowest BCUT2D eigenvalue weighted by Crippen LogP contribution is -2.50. The Morgan fingerprint density at radius 1 is 1.04 bits per heavy atom. The minimum Gasteiger partial charge on any atom is -0.394 e. The van der Waals surface area contributed by atoms with E-state index in [0.717, 1.165) is 10.7 Å². The largest absolute Gasteiger partial charge is 0.394 e. The van der Waals surface area contributed by atoms with Crippen molar-refractivity contribution < 1.29 is 30.3 Å². The maximum absolute atomic E-state index is 12.6. The van der Waals surface area contributed by atoms with Gasteiger partial charge in [0.15, 0.2) is 0 Å². The molecule has 0 aliphatic carbocycles. The van der Waals surface area contributed by atoms with Crippen molar-refractivity contribution in [2.45, 2.75) is 24.4 Å². The number of nitrogens with zero attached hydrogens (tertiary/aromatic N) is 1.